The molecule has 7 nitrogen and oxygen atoms in total. The first-order valence-electron chi connectivity index (χ1n) is 5.72. The molecule has 0 fully saturated rings. The Labute approximate surface area is 118 Å². The van der Waals surface area contributed by atoms with Crippen LogP contribution in [0.4, 0.5) is 5.13 Å². The molecule has 0 atom stereocenters. The molecule has 0 saturated carbocycles. The maximum atomic E-state index is 12.0. The number of aromatic amines is 1. The minimum absolute atomic E-state index is 0.119. The molecule has 0 unspecified atom stereocenters. The lowest BCUT2D eigenvalue weighted by Gasteiger charge is -2.03. The lowest BCUT2D eigenvalue weighted by Crippen LogP contribution is -2.25. The molecule has 0 bridgehead atoms. The highest BCUT2D eigenvalue weighted by atomic mass is 32.2. The number of aryl methyl sites for hydroxylation is 1. The van der Waals surface area contributed by atoms with Crippen LogP contribution in [-0.4, -0.2) is 38.6 Å². The van der Waals surface area contributed by atoms with E-state index in [9.17, 15) is 4.79 Å². The maximum Gasteiger partial charge on any atom is 0.263 e. The summed E-state index contributed by atoms with van der Waals surface area (Å²) in [5.74, 6) is 0.611. The van der Waals surface area contributed by atoms with Crippen LogP contribution in [0.3, 0.4) is 0 Å². The van der Waals surface area contributed by atoms with Crippen LogP contribution < -0.4 is 11.1 Å². The first kappa shape index (κ1) is 13.8. The fourth-order valence-corrected chi connectivity index (χ4v) is 2.93. The van der Waals surface area contributed by atoms with E-state index >= 15 is 0 Å². The fraction of sp³-hybridized carbons (Fsp3) is 0.400. The van der Waals surface area contributed by atoms with Crippen LogP contribution in [-0.2, 0) is 6.42 Å². The van der Waals surface area contributed by atoms with Crippen LogP contribution in [0.5, 0.6) is 0 Å². The number of nitrogen functional groups attached to an aromatic ring is 1. The number of aromatic nitrogens is 4. The molecule has 102 valence electrons. The van der Waals surface area contributed by atoms with Crippen molar-refractivity contribution in [3.8, 4) is 0 Å². The van der Waals surface area contributed by atoms with Crippen LogP contribution in [0.25, 0.3) is 0 Å². The summed E-state index contributed by atoms with van der Waals surface area (Å²) in [6.45, 7) is 2.50. The van der Waals surface area contributed by atoms with Gasteiger partial charge in [0.05, 0.1) is 11.9 Å². The normalized spacial score (nSPS) is 10.6. The summed E-state index contributed by atoms with van der Waals surface area (Å²) in [5.41, 5.74) is 6.37. The summed E-state index contributed by atoms with van der Waals surface area (Å²) < 4.78 is 0. The van der Waals surface area contributed by atoms with Crippen LogP contribution in [0.1, 0.15) is 22.3 Å². The lowest BCUT2D eigenvalue weighted by molar-refractivity contribution is 0.0959. The molecule has 1 amide bonds. The van der Waals surface area contributed by atoms with Crippen molar-refractivity contribution in [2.75, 3.05) is 18.0 Å². The summed E-state index contributed by atoms with van der Waals surface area (Å²) in [6, 6.07) is 0. The number of carbonyl (C=O) groups is 1. The van der Waals surface area contributed by atoms with Gasteiger partial charge in [-0.15, -0.1) is 16.9 Å². The number of carbonyl (C=O) groups excluding carboxylic acids is 1. The molecule has 0 aliphatic heterocycles. The molecule has 0 aliphatic rings. The summed E-state index contributed by atoms with van der Waals surface area (Å²) in [4.78, 5) is 16.7. The first-order chi connectivity index (χ1) is 9.20. The zero-order valence-corrected chi connectivity index (χ0v) is 12.0. The van der Waals surface area contributed by atoms with Gasteiger partial charge in [-0.2, -0.15) is 10.3 Å². The number of amides is 1. The molecule has 0 aromatic carbocycles. The minimum Gasteiger partial charge on any atom is -0.375 e. The van der Waals surface area contributed by atoms with Gasteiger partial charge in [0.25, 0.3) is 5.91 Å². The molecule has 2 aromatic rings. The van der Waals surface area contributed by atoms with Crippen molar-refractivity contribution in [1.29, 1.82) is 0 Å². The van der Waals surface area contributed by atoms with Gasteiger partial charge in [-0.25, -0.2) is 4.98 Å². The van der Waals surface area contributed by atoms with Crippen LogP contribution in [0.2, 0.25) is 0 Å². The van der Waals surface area contributed by atoms with Crippen LogP contribution in [0, 0.1) is 0 Å². The summed E-state index contributed by atoms with van der Waals surface area (Å²) in [7, 11) is 0. The maximum absolute atomic E-state index is 12.0. The van der Waals surface area contributed by atoms with Crippen molar-refractivity contribution in [3.05, 3.63) is 16.8 Å². The minimum atomic E-state index is -0.119. The number of hydrogen-bond donors (Lipinski definition) is 3. The number of hydrogen-bond acceptors (Lipinski definition) is 7. The molecule has 4 N–H and O–H groups in total. The van der Waals surface area contributed by atoms with E-state index in [-0.39, 0.29) is 5.91 Å². The van der Waals surface area contributed by atoms with E-state index in [1.54, 1.807) is 6.20 Å². The zero-order chi connectivity index (χ0) is 13.7. The van der Waals surface area contributed by atoms with Gasteiger partial charge in [-0.3, -0.25) is 4.79 Å². The van der Waals surface area contributed by atoms with Gasteiger partial charge in [0, 0.05) is 12.3 Å². The second kappa shape index (κ2) is 6.53. The Morgan fingerprint density at radius 3 is 3.16 bits per heavy atom. The third-order valence-electron chi connectivity index (χ3n) is 2.29. The standard InChI is InChI=1S/C10H14N6OS2/c1-2-6-8(19-10(11)14-6)9(17)12-3-4-18-7-5-13-16-15-7/h5H,2-4H2,1H3,(H2,11,14)(H,12,17)(H,13,15,16). The number of nitrogens with two attached hydrogens (primary N) is 1. The van der Waals surface area contributed by atoms with Gasteiger partial charge in [0.1, 0.15) is 9.90 Å². The third-order valence-corrected chi connectivity index (χ3v) is 4.11. The van der Waals surface area contributed by atoms with E-state index in [4.69, 9.17) is 5.73 Å². The molecule has 9 heteroatoms. The molecule has 0 radical (unpaired) electrons. The zero-order valence-electron chi connectivity index (χ0n) is 10.3. The van der Waals surface area contributed by atoms with E-state index in [1.165, 1.54) is 23.1 Å². The highest BCUT2D eigenvalue weighted by molar-refractivity contribution is 7.99. The van der Waals surface area contributed by atoms with E-state index in [2.05, 4.69) is 25.7 Å². The van der Waals surface area contributed by atoms with Crippen molar-refractivity contribution in [2.45, 2.75) is 18.4 Å². The highest BCUT2D eigenvalue weighted by Gasteiger charge is 2.15. The largest absolute Gasteiger partial charge is 0.375 e. The third kappa shape index (κ3) is 3.67. The number of nitrogens with zero attached hydrogens (tertiary/aromatic N) is 3. The quantitative estimate of drug-likeness (QED) is 0.540. The van der Waals surface area contributed by atoms with Gasteiger partial charge >= 0.3 is 0 Å². The average molecular weight is 298 g/mol. The topological polar surface area (TPSA) is 110 Å². The van der Waals surface area contributed by atoms with Crippen molar-refractivity contribution >= 4 is 34.1 Å². The van der Waals surface area contributed by atoms with E-state index in [0.717, 1.165) is 16.5 Å². The van der Waals surface area contributed by atoms with Gasteiger partial charge < -0.3 is 11.1 Å². The molecular weight excluding hydrogens is 284 g/mol. The molecule has 0 aliphatic carbocycles. The SMILES string of the molecule is CCc1nc(N)sc1C(=O)NCCSc1cn[nH]n1. The van der Waals surface area contributed by atoms with Gasteiger partial charge in [0.15, 0.2) is 5.13 Å². The summed E-state index contributed by atoms with van der Waals surface area (Å²) >= 11 is 2.75. The number of H-pyrrole nitrogens is 1. The van der Waals surface area contributed by atoms with E-state index in [0.29, 0.717) is 23.0 Å². The number of thioether (sulfide) groups is 1. The Kier molecular flexibility index (Phi) is 4.74. The lowest BCUT2D eigenvalue weighted by atomic mass is 10.3. The first-order valence-corrected chi connectivity index (χ1v) is 7.53. The summed E-state index contributed by atoms with van der Waals surface area (Å²) in [5, 5.41) is 14.2. The fourth-order valence-electron chi connectivity index (χ4n) is 1.45. The van der Waals surface area contributed by atoms with E-state index < -0.39 is 0 Å². The number of thiazole rings is 1. The molecule has 2 aromatic heterocycles. The monoisotopic (exact) mass is 298 g/mol. The van der Waals surface area contributed by atoms with Crippen molar-refractivity contribution in [3.63, 3.8) is 0 Å². The predicted octanol–water partition coefficient (Wildman–Crippen LogP) is 0.928. The summed E-state index contributed by atoms with van der Waals surface area (Å²) in [6.07, 6.45) is 2.34. The number of nitrogens with one attached hydrogen (secondary N) is 2. The molecule has 2 heterocycles. The second-order valence-electron chi connectivity index (χ2n) is 3.59. The van der Waals surface area contributed by atoms with Crippen molar-refractivity contribution in [2.24, 2.45) is 0 Å². The Morgan fingerprint density at radius 1 is 1.63 bits per heavy atom. The van der Waals surface area contributed by atoms with E-state index in [1.807, 2.05) is 6.92 Å². The molecular formula is C10H14N6OS2. The predicted molar refractivity (Wildman–Crippen MR) is 75.3 cm³/mol. The number of rotatable bonds is 6. The van der Waals surface area contributed by atoms with Crippen molar-refractivity contribution in [1.82, 2.24) is 25.7 Å². The van der Waals surface area contributed by atoms with Crippen molar-refractivity contribution < 1.29 is 4.79 Å². The van der Waals surface area contributed by atoms with Gasteiger partial charge in [-0.05, 0) is 6.42 Å². The Bertz CT molecular complexity index is 538. The highest BCUT2D eigenvalue weighted by Crippen LogP contribution is 2.20. The van der Waals surface area contributed by atoms with Crippen LogP contribution in [0.15, 0.2) is 11.2 Å². The Balaban J connectivity index is 1.80. The smallest absolute Gasteiger partial charge is 0.263 e. The molecule has 0 spiro atoms. The Hall–Kier alpha value is -1.61. The number of anilines is 1. The molecule has 19 heavy (non-hydrogen) atoms. The van der Waals surface area contributed by atoms with Gasteiger partial charge in [-0.1, -0.05) is 18.3 Å². The average Bonchev–Trinajstić information content (AvgIpc) is 3.03. The Morgan fingerprint density at radius 2 is 2.47 bits per heavy atom. The molecule has 0 saturated heterocycles. The van der Waals surface area contributed by atoms with Crippen LogP contribution >= 0.6 is 23.1 Å². The van der Waals surface area contributed by atoms with Gasteiger partial charge in [0.2, 0.25) is 0 Å². The molecule has 2 rings (SSSR count). The second-order valence-corrected chi connectivity index (χ2v) is 5.74.